The summed E-state index contributed by atoms with van der Waals surface area (Å²) in [6.45, 7) is 0. The molecule has 3 nitrogen and oxygen atoms in total. The van der Waals surface area contributed by atoms with Crippen molar-refractivity contribution in [1.29, 1.82) is 0 Å². The zero-order valence-electron chi connectivity index (χ0n) is 43.5. The van der Waals surface area contributed by atoms with E-state index in [2.05, 4.69) is 0 Å². The molecular weight excluding hydrogens is 687 g/mol. The number of benzene rings is 9. The van der Waals surface area contributed by atoms with Gasteiger partial charge in [0.15, 0.2) is 17.5 Å². The average molecular weight is 733 g/mol. The first-order chi connectivity index (χ1) is 33.5. The maximum atomic E-state index is 9.79. The zero-order valence-corrected chi connectivity index (χ0v) is 29.3. The largest absolute Gasteiger partial charge is 0.208 e. The predicted molar refractivity (Wildman–Crippen MR) is 232 cm³/mol. The van der Waals surface area contributed by atoms with E-state index in [1.807, 2.05) is 97.1 Å². The molecule has 0 fully saturated rings. The van der Waals surface area contributed by atoms with Gasteiger partial charge >= 0.3 is 0 Å². The van der Waals surface area contributed by atoms with Crippen molar-refractivity contribution in [3.05, 3.63) is 188 Å². The molecule has 0 amide bonds. The molecule has 0 saturated carbocycles. The van der Waals surface area contributed by atoms with Gasteiger partial charge in [-0.25, -0.2) is 15.0 Å². The molecule has 4 heteroatoms. The Hall–Kier alpha value is -7.01. The van der Waals surface area contributed by atoms with E-state index < -0.39 is 107 Å². The lowest BCUT2D eigenvalue weighted by atomic mass is 9.92. The van der Waals surface area contributed by atoms with Crippen LogP contribution in [0.25, 0.3) is 109 Å². The van der Waals surface area contributed by atoms with Crippen LogP contribution in [0.2, 0.25) is 0 Å². The van der Waals surface area contributed by atoms with Gasteiger partial charge in [-0.3, -0.25) is 0 Å². The SMILES string of the molecule is [2H]c1c([2H])c(-c2nc(-c3ccc(-c4ccccc4)cc3)nc(-c3ccc4c(c3)sc3ccccc34)n2)c([2H])c(-c2c([2H])c([2H])c3c4c([2H])c([2H])c([2H])c([2H])c4c4c([2H])c([2H])c([2H])c([2H])c4c3c2[2H])c1[2H]. The van der Waals surface area contributed by atoms with E-state index in [-0.39, 0.29) is 50.0 Å². The Morgan fingerprint density at radius 2 is 0.855 bits per heavy atom. The van der Waals surface area contributed by atoms with E-state index in [4.69, 9.17) is 27.3 Å². The molecule has 0 aliphatic heterocycles. The van der Waals surface area contributed by atoms with Gasteiger partial charge in [0.05, 0.1) is 20.6 Å². The first-order valence-corrected chi connectivity index (χ1v) is 18.1. The molecule has 0 N–H and O–H groups in total. The Labute approximate surface area is 342 Å². The average Bonchev–Trinajstić information content (AvgIpc) is 3.75. The van der Waals surface area contributed by atoms with Crippen LogP contribution in [0.4, 0.5) is 0 Å². The Morgan fingerprint density at radius 1 is 0.327 bits per heavy atom. The van der Waals surface area contributed by atoms with Crippen LogP contribution in [0.1, 0.15) is 20.6 Å². The van der Waals surface area contributed by atoms with Crippen molar-refractivity contribution in [2.75, 3.05) is 0 Å². The third kappa shape index (κ3) is 5.46. The fraction of sp³-hybridized carbons (Fsp3) is 0. The molecule has 0 saturated heterocycles. The minimum absolute atomic E-state index is 0.149. The molecule has 11 aromatic rings. The predicted octanol–water partition coefficient (Wildman–Crippen LogP) is 14.0. The van der Waals surface area contributed by atoms with E-state index >= 15 is 0 Å². The molecule has 9 aromatic carbocycles. The number of thiophene rings is 1. The summed E-state index contributed by atoms with van der Waals surface area (Å²) < 4.78 is 138. The molecular formula is C51H31N3S. The van der Waals surface area contributed by atoms with Crippen molar-refractivity contribution in [3.63, 3.8) is 0 Å². The lowest BCUT2D eigenvalue weighted by molar-refractivity contribution is 1.07. The van der Waals surface area contributed by atoms with E-state index in [1.165, 1.54) is 0 Å². The van der Waals surface area contributed by atoms with Gasteiger partial charge in [-0.2, -0.15) is 0 Å². The van der Waals surface area contributed by atoms with Gasteiger partial charge in [0.1, 0.15) is 0 Å². The number of aromatic nitrogens is 3. The van der Waals surface area contributed by atoms with Gasteiger partial charge in [-0.15, -0.1) is 11.3 Å². The standard InChI is InChI=1S/C51H31N3S/c1-2-11-32(12-3-1)33-21-23-34(24-22-33)49-52-50(54-51(53-49)38-26-28-45-44-19-8-9-20-47(44)55-48(45)31-38)37-14-10-13-35(29-37)36-25-27-43-41-17-5-4-15-39(41)40-16-6-7-18-42(40)46(43)30-36/h1-31H/i4D,5D,6D,7D,10D,13D,14D,15D,16D,17D,18D,25D,27D,29D,30D. The molecule has 55 heavy (non-hydrogen) atoms. The number of hydrogen-bond donors (Lipinski definition) is 0. The lowest BCUT2D eigenvalue weighted by Gasteiger charge is -2.13. The number of hydrogen-bond acceptors (Lipinski definition) is 4. The van der Waals surface area contributed by atoms with Crippen LogP contribution in [0.15, 0.2) is 188 Å². The molecule has 0 atom stereocenters. The maximum absolute atomic E-state index is 9.79. The van der Waals surface area contributed by atoms with Gasteiger partial charge in [0.25, 0.3) is 0 Å². The van der Waals surface area contributed by atoms with Crippen molar-refractivity contribution < 1.29 is 20.6 Å². The summed E-state index contributed by atoms with van der Waals surface area (Å²) in [6.07, 6.45) is 0. The van der Waals surface area contributed by atoms with Gasteiger partial charge in [-0.05, 0) is 78.8 Å². The molecule has 2 aromatic heterocycles. The van der Waals surface area contributed by atoms with Crippen molar-refractivity contribution in [3.8, 4) is 56.4 Å². The molecule has 11 rings (SSSR count). The topological polar surface area (TPSA) is 38.7 Å². The minimum atomic E-state index is -0.774. The van der Waals surface area contributed by atoms with E-state index in [0.29, 0.717) is 11.1 Å². The Bertz CT molecular complexity index is 4080. The molecule has 0 spiro atoms. The van der Waals surface area contributed by atoms with E-state index in [0.717, 1.165) is 31.3 Å². The Kier molecular flexibility index (Phi) is 4.64. The summed E-state index contributed by atoms with van der Waals surface area (Å²) in [5, 5.41) is -0.0864. The number of rotatable bonds is 5. The van der Waals surface area contributed by atoms with Gasteiger partial charge in [-0.1, -0.05) is 163 Å². The summed E-state index contributed by atoms with van der Waals surface area (Å²) in [6, 6.07) is 20.4. The molecule has 0 aliphatic rings. The van der Waals surface area contributed by atoms with Crippen molar-refractivity contribution in [1.82, 2.24) is 15.0 Å². The molecule has 0 bridgehead atoms. The monoisotopic (exact) mass is 732 g/mol. The summed E-state index contributed by atoms with van der Waals surface area (Å²) in [4.78, 5) is 14.5. The van der Waals surface area contributed by atoms with Crippen molar-refractivity contribution >= 4 is 63.8 Å². The summed E-state index contributed by atoms with van der Waals surface area (Å²) in [5.74, 6) is 0.0723. The summed E-state index contributed by atoms with van der Waals surface area (Å²) in [5.41, 5.74) is 1.57. The third-order valence-electron chi connectivity index (χ3n) is 9.56. The van der Waals surface area contributed by atoms with Crippen LogP contribution in [0.3, 0.4) is 0 Å². The van der Waals surface area contributed by atoms with Crippen LogP contribution in [-0.2, 0) is 0 Å². The highest BCUT2D eigenvalue weighted by atomic mass is 32.1. The van der Waals surface area contributed by atoms with Crippen molar-refractivity contribution in [2.45, 2.75) is 0 Å². The number of fused-ring (bicyclic) bond motifs is 9. The second-order valence-electron chi connectivity index (χ2n) is 12.8. The molecule has 0 radical (unpaired) electrons. The van der Waals surface area contributed by atoms with E-state index in [1.54, 1.807) is 11.3 Å². The van der Waals surface area contributed by atoms with Gasteiger partial charge < -0.3 is 0 Å². The normalized spacial score (nSPS) is 15.5. The van der Waals surface area contributed by atoms with E-state index in [9.17, 15) is 8.22 Å². The third-order valence-corrected chi connectivity index (χ3v) is 10.7. The quantitative estimate of drug-likeness (QED) is 0.165. The summed E-state index contributed by atoms with van der Waals surface area (Å²) in [7, 11) is 0. The number of nitrogens with zero attached hydrogens (tertiary/aromatic N) is 3. The van der Waals surface area contributed by atoms with Gasteiger partial charge in [0.2, 0.25) is 0 Å². The fourth-order valence-corrected chi connectivity index (χ4v) is 8.06. The highest BCUT2D eigenvalue weighted by Crippen LogP contribution is 2.39. The molecule has 2 heterocycles. The van der Waals surface area contributed by atoms with Crippen LogP contribution < -0.4 is 0 Å². The second-order valence-corrected chi connectivity index (χ2v) is 13.9. The van der Waals surface area contributed by atoms with Crippen LogP contribution in [0.5, 0.6) is 0 Å². The van der Waals surface area contributed by atoms with Crippen LogP contribution >= 0.6 is 11.3 Å². The second kappa shape index (κ2) is 12.8. The van der Waals surface area contributed by atoms with Crippen molar-refractivity contribution in [2.24, 2.45) is 0 Å². The molecule has 0 unspecified atom stereocenters. The Balaban J connectivity index is 1.21. The zero-order chi connectivity index (χ0) is 49.3. The van der Waals surface area contributed by atoms with Crippen LogP contribution in [-0.4, -0.2) is 15.0 Å². The van der Waals surface area contributed by atoms with Crippen LogP contribution in [0, 0.1) is 0 Å². The molecule has 256 valence electrons. The first-order valence-electron chi connectivity index (χ1n) is 24.8. The fourth-order valence-electron chi connectivity index (χ4n) is 6.92. The maximum Gasteiger partial charge on any atom is 0.164 e. The summed E-state index contributed by atoms with van der Waals surface area (Å²) >= 11 is 1.58. The van der Waals surface area contributed by atoms with Gasteiger partial charge in [0, 0.05) is 36.9 Å². The lowest BCUT2D eigenvalue weighted by Crippen LogP contribution is -2.00. The Morgan fingerprint density at radius 3 is 1.60 bits per heavy atom. The first kappa shape index (κ1) is 19.9. The molecule has 0 aliphatic carbocycles. The highest BCUT2D eigenvalue weighted by Gasteiger charge is 2.16. The highest BCUT2D eigenvalue weighted by molar-refractivity contribution is 7.25. The minimum Gasteiger partial charge on any atom is -0.208 e. The smallest absolute Gasteiger partial charge is 0.164 e.